The number of rotatable bonds is 4. The van der Waals surface area contributed by atoms with Crippen molar-refractivity contribution in [3.63, 3.8) is 0 Å². The van der Waals surface area contributed by atoms with E-state index in [1.54, 1.807) is 0 Å². The molecule has 1 aromatic carbocycles. The molecule has 2 unspecified atom stereocenters. The minimum atomic E-state index is -0.644. The van der Waals surface area contributed by atoms with Gasteiger partial charge >= 0.3 is 0 Å². The van der Waals surface area contributed by atoms with Crippen molar-refractivity contribution in [1.82, 2.24) is 5.32 Å². The number of aryl methyl sites for hydroxylation is 1. The SMILES string of the molecule is O=S(CC1CNC1)CC1CCCc2ccccc21. The zero-order valence-corrected chi connectivity index (χ0v) is 11.5. The first-order valence-corrected chi connectivity index (χ1v) is 8.45. The Labute approximate surface area is 112 Å². The van der Waals surface area contributed by atoms with Crippen molar-refractivity contribution in [2.75, 3.05) is 24.6 Å². The molecule has 1 saturated heterocycles. The van der Waals surface area contributed by atoms with Gasteiger partial charge in [-0.2, -0.15) is 0 Å². The zero-order valence-electron chi connectivity index (χ0n) is 10.7. The lowest BCUT2D eigenvalue weighted by Crippen LogP contribution is -2.45. The van der Waals surface area contributed by atoms with Crippen molar-refractivity contribution >= 4 is 10.8 Å². The Morgan fingerprint density at radius 1 is 1.22 bits per heavy atom. The predicted octanol–water partition coefficient (Wildman–Crippen LogP) is 2.07. The molecular formula is C15H21NOS. The van der Waals surface area contributed by atoms with E-state index in [1.165, 1.54) is 30.4 Å². The Hall–Kier alpha value is -0.670. The molecule has 2 atom stereocenters. The molecule has 3 rings (SSSR count). The minimum absolute atomic E-state index is 0.531. The van der Waals surface area contributed by atoms with Crippen LogP contribution in [0.15, 0.2) is 24.3 Å². The first-order chi connectivity index (χ1) is 8.83. The van der Waals surface area contributed by atoms with E-state index in [4.69, 9.17) is 0 Å². The molecule has 0 bridgehead atoms. The van der Waals surface area contributed by atoms with Crippen LogP contribution >= 0.6 is 0 Å². The van der Waals surface area contributed by atoms with Crippen LogP contribution in [0.5, 0.6) is 0 Å². The van der Waals surface area contributed by atoms with Crippen LogP contribution in [0.1, 0.15) is 29.9 Å². The maximum atomic E-state index is 12.2. The maximum absolute atomic E-state index is 12.2. The number of nitrogens with one attached hydrogen (secondary N) is 1. The Kier molecular flexibility index (Phi) is 3.80. The predicted molar refractivity (Wildman–Crippen MR) is 76.4 cm³/mol. The fourth-order valence-electron chi connectivity index (χ4n) is 3.05. The van der Waals surface area contributed by atoms with E-state index < -0.39 is 10.8 Å². The Bertz CT molecular complexity index is 442. The van der Waals surface area contributed by atoms with Crippen LogP contribution in [-0.2, 0) is 17.2 Å². The maximum Gasteiger partial charge on any atom is 0.0303 e. The van der Waals surface area contributed by atoms with Gasteiger partial charge in [0.1, 0.15) is 0 Å². The molecule has 0 spiro atoms. The monoisotopic (exact) mass is 263 g/mol. The summed E-state index contributed by atoms with van der Waals surface area (Å²) in [5, 5.41) is 3.25. The summed E-state index contributed by atoms with van der Waals surface area (Å²) in [6.45, 7) is 2.12. The van der Waals surface area contributed by atoms with Crippen molar-refractivity contribution in [2.45, 2.75) is 25.2 Å². The largest absolute Gasteiger partial charge is 0.316 e. The van der Waals surface area contributed by atoms with Crippen LogP contribution in [0.3, 0.4) is 0 Å². The van der Waals surface area contributed by atoms with E-state index >= 15 is 0 Å². The summed E-state index contributed by atoms with van der Waals surface area (Å²) in [6, 6.07) is 8.72. The highest BCUT2D eigenvalue weighted by molar-refractivity contribution is 7.85. The standard InChI is InChI=1S/C15H21NOS/c17-18(10-12-8-16-9-12)11-14-6-3-5-13-4-1-2-7-15(13)14/h1-2,4,7,12,14,16H,3,5-6,8-11H2. The lowest BCUT2D eigenvalue weighted by molar-refractivity contribution is 0.382. The quantitative estimate of drug-likeness (QED) is 0.901. The van der Waals surface area contributed by atoms with Crippen molar-refractivity contribution in [2.24, 2.45) is 5.92 Å². The van der Waals surface area contributed by atoms with Crippen LogP contribution in [0.2, 0.25) is 0 Å². The molecule has 18 heavy (non-hydrogen) atoms. The molecule has 3 heteroatoms. The summed E-state index contributed by atoms with van der Waals surface area (Å²) in [6.07, 6.45) is 3.67. The summed E-state index contributed by atoms with van der Waals surface area (Å²) in [5.74, 6) is 2.95. The van der Waals surface area contributed by atoms with Crippen molar-refractivity contribution < 1.29 is 4.21 Å². The fourth-order valence-corrected chi connectivity index (χ4v) is 4.74. The smallest absolute Gasteiger partial charge is 0.0303 e. The van der Waals surface area contributed by atoms with Crippen LogP contribution in [0.25, 0.3) is 0 Å². The summed E-state index contributed by atoms with van der Waals surface area (Å²) in [5.41, 5.74) is 2.94. The van der Waals surface area contributed by atoms with Gasteiger partial charge in [0.25, 0.3) is 0 Å². The van der Waals surface area contributed by atoms with E-state index in [9.17, 15) is 4.21 Å². The Morgan fingerprint density at radius 2 is 2.06 bits per heavy atom. The lowest BCUT2D eigenvalue weighted by Gasteiger charge is -2.29. The molecule has 0 radical (unpaired) electrons. The van der Waals surface area contributed by atoms with Crippen molar-refractivity contribution in [1.29, 1.82) is 0 Å². The third kappa shape index (κ3) is 2.67. The summed E-state index contributed by atoms with van der Waals surface area (Å²) in [7, 11) is -0.644. The first kappa shape index (κ1) is 12.4. The van der Waals surface area contributed by atoms with E-state index in [-0.39, 0.29) is 0 Å². The number of benzene rings is 1. The van der Waals surface area contributed by atoms with Crippen molar-refractivity contribution in [3.05, 3.63) is 35.4 Å². The molecule has 1 N–H and O–H groups in total. The third-order valence-corrected chi connectivity index (χ3v) is 5.79. The van der Waals surface area contributed by atoms with Gasteiger partial charge in [0.05, 0.1) is 0 Å². The molecular weight excluding hydrogens is 242 g/mol. The van der Waals surface area contributed by atoms with Gasteiger partial charge in [-0.15, -0.1) is 0 Å². The van der Waals surface area contributed by atoms with E-state index in [0.29, 0.717) is 11.8 Å². The summed E-state index contributed by atoms with van der Waals surface area (Å²) >= 11 is 0. The summed E-state index contributed by atoms with van der Waals surface area (Å²) in [4.78, 5) is 0. The number of hydrogen-bond acceptors (Lipinski definition) is 2. The van der Waals surface area contributed by atoms with Gasteiger partial charge in [-0.05, 0) is 42.2 Å². The second-order valence-corrected chi connectivity index (χ2v) is 7.13. The normalized spacial score (nSPS) is 25.2. The Morgan fingerprint density at radius 3 is 2.83 bits per heavy atom. The highest BCUT2D eigenvalue weighted by atomic mass is 32.2. The molecule has 1 heterocycles. The van der Waals surface area contributed by atoms with Crippen LogP contribution in [-0.4, -0.2) is 28.8 Å². The molecule has 0 aromatic heterocycles. The first-order valence-electron chi connectivity index (χ1n) is 6.96. The van der Waals surface area contributed by atoms with E-state index in [1.807, 2.05) is 0 Å². The minimum Gasteiger partial charge on any atom is -0.316 e. The molecule has 1 fully saturated rings. The molecule has 0 amide bonds. The zero-order chi connectivity index (χ0) is 12.4. The number of fused-ring (bicyclic) bond motifs is 1. The van der Waals surface area contributed by atoms with Gasteiger partial charge in [-0.1, -0.05) is 24.3 Å². The lowest BCUT2D eigenvalue weighted by atomic mass is 9.84. The van der Waals surface area contributed by atoms with Gasteiger partial charge in [0.15, 0.2) is 0 Å². The average Bonchev–Trinajstić information content (AvgIpc) is 2.34. The highest BCUT2D eigenvalue weighted by Crippen LogP contribution is 2.32. The molecule has 1 aliphatic heterocycles. The molecule has 2 aliphatic rings. The highest BCUT2D eigenvalue weighted by Gasteiger charge is 2.24. The van der Waals surface area contributed by atoms with Gasteiger partial charge in [0.2, 0.25) is 0 Å². The van der Waals surface area contributed by atoms with E-state index in [2.05, 4.69) is 29.6 Å². The average molecular weight is 263 g/mol. The van der Waals surface area contributed by atoms with Crippen LogP contribution in [0, 0.1) is 5.92 Å². The third-order valence-electron chi connectivity index (χ3n) is 4.17. The summed E-state index contributed by atoms with van der Waals surface area (Å²) < 4.78 is 12.2. The van der Waals surface area contributed by atoms with Gasteiger partial charge in [-0.3, -0.25) is 4.21 Å². The second-order valence-electron chi connectivity index (χ2n) is 5.59. The van der Waals surface area contributed by atoms with Crippen LogP contribution in [0.4, 0.5) is 0 Å². The molecule has 98 valence electrons. The fraction of sp³-hybridized carbons (Fsp3) is 0.600. The van der Waals surface area contributed by atoms with E-state index in [0.717, 1.165) is 24.6 Å². The topological polar surface area (TPSA) is 29.1 Å². The molecule has 1 aromatic rings. The van der Waals surface area contributed by atoms with Gasteiger partial charge in [-0.25, -0.2) is 0 Å². The van der Waals surface area contributed by atoms with Crippen LogP contribution < -0.4 is 5.32 Å². The molecule has 2 nitrogen and oxygen atoms in total. The number of hydrogen-bond donors (Lipinski definition) is 1. The molecule has 1 aliphatic carbocycles. The van der Waals surface area contributed by atoms with Gasteiger partial charge < -0.3 is 5.32 Å². The van der Waals surface area contributed by atoms with Gasteiger partial charge in [0, 0.05) is 35.4 Å². The molecule has 0 saturated carbocycles. The van der Waals surface area contributed by atoms with Crippen molar-refractivity contribution in [3.8, 4) is 0 Å². The Balaban J connectivity index is 1.64. The second kappa shape index (κ2) is 5.54.